The van der Waals surface area contributed by atoms with Crippen LogP contribution in [0, 0.1) is 0 Å². The van der Waals surface area contributed by atoms with Crippen molar-refractivity contribution in [3.63, 3.8) is 0 Å². The minimum absolute atomic E-state index is 0. The van der Waals surface area contributed by atoms with E-state index in [9.17, 15) is 0 Å². The third-order valence-electron chi connectivity index (χ3n) is 0.500. The second kappa shape index (κ2) is 23.0. The van der Waals surface area contributed by atoms with E-state index in [4.69, 9.17) is 19.8 Å². The Bertz CT molecular complexity index is 197. The van der Waals surface area contributed by atoms with Crippen LogP contribution in [0.2, 0.25) is 0 Å². The van der Waals surface area contributed by atoms with Crippen LogP contribution in [0.15, 0.2) is 50.6 Å². The molecule has 0 aliphatic heterocycles. The number of carboxylic acids is 2. The Labute approximate surface area is 109 Å². The molecule has 0 heterocycles. The summed E-state index contributed by atoms with van der Waals surface area (Å²) in [6.07, 6.45) is 4.72. The van der Waals surface area contributed by atoms with Crippen LogP contribution in [0.3, 0.4) is 0 Å². The van der Waals surface area contributed by atoms with Gasteiger partial charge in [0.05, 0.1) is 11.9 Å². The quantitative estimate of drug-likeness (QED) is 0.338. The maximum Gasteiger partial charge on any atom is 2.00 e. The summed E-state index contributed by atoms with van der Waals surface area (Å²) >= 11 is 0. The maximum absolute atomic E-state index is 9.14. The van der Waals surface area contributed by atoms with Crippen molar-refractivity contribution in [2.75, 3.05) is 0 Å². The van der Waals surface area contributed by atoms with Crippen molar-refractivity contribution in [2.45, 2.75) is 0 Å². The Morgan fingerprint density at radius 3 is 0.933 bits per heavy atom. The van der Waals surface area contributed by atoms with Gasteiger partial charge in [0.1, 0.15) is 0 Å². The van der Waals surface area contributed by atoms with Crippen LogP contribution in [-0.4, -0.2) is 39.2 Å². The van der Waals surface area contributed by atoms with Gasteiger partial charge in [0.25, 0.3) is 0 Å². The third-order valence-corrected chi connectivity index (χ3v) is 0.500. The van der Waals surface area contributed by atoms with Gasteiger partial charge >= 0.3 is 27.3 Å². The standard InChI is InChI=1S/C4H6.2C3H4O2.Pb/c1-3-4-2;2*1-2-3(4)5;/h3-4H,1-2H2;2*2H,1H2,(H,4,5);/q;;;+2/p-2. The molecule has 0 unspecified atom stereocenters. The fourth-order valence-corrected chi connectivity index (χ4v) is 0. The SMILES string of the molecule is C=CC(=O)[O-].C=CC(=O)[O-].C=CC=C.[Pb+2]. The van der Waals surface area contributed by atoms with Crippen molar-refractivity contribution < 1.29 is 19.8 Å². The molecule has 0 saturated heterocycles. The number of rotatable bonds is 3. The predicted molar refractivity (Wildman–Crippen MR) is 56.6 cm³/mol. The molecule has 0 amide bonds. The molecule has 2 radical (unpaired) electrons. The third kappa shape index (κ3) is 103. The number of aliphatic carboxylic acids is 2. The predicted octanol–water partition coefficient (Wildman–Crippen LogP) is -1.18. The summed E-state index contributed by atoms with van der Waals surface area (Å²) in [7, 11) is 0. The Hall–Kier alpha value is -1.18. The molecular weight excluding hydrogens is 391 g/mol. The second-order valence-corrected chi connectivity index (χ2v) is 1.52. The Balaban J connectivity index is -0.0000000590. The van der Waals surface area contributed by atoms with E-state index in [1.54, 1.807) is 12.2 Å². The van der Waals surface area contributed by atoms with E-state index in [1.807, 2.05) is 0 Å². The van der Waals surface area contributed by atoms with Gasteiger partial charge in [-0.3, -0.25) is 0 Å². The van der Waals surface area contributed by atoms with Gasteiger partial charge in [-0.15, -0.1) is 0 Å². The zero-order chi connectivity index (χ0) is 12.0. The molecule has 0 fully saturated rings. The molecule has 0 saturated carbocycles. The minimum Gasteiger partial charge on any atom is -0.545 e. The summed E-state index contributed by atoms with van der Waals surface area (Å²) in [5.41, 5.74) is 0. The smallest absolute Gasteiger partial charge is 0.545 e. The molecule has 0 aromatic carbocycles. The number of carbonyl (C=O) groups is 2. The van der Waals surface area contributed by atoms with Crippen molar-refractivity contribution in [1.29, 1.82) is 0 Å². The van der Waals surface area contributed by atoms with Gasteiger partial charge in [-0.25, -0.2) is 0 Å². The van der Waals surface area contributed by atoms with E-state index >= 15 is 0 Å². The summed E-state index contributed by atoms with van der Waals surface area (Å²) in [6, 6.07) is 0. The summed E-state index contributed by atoms with van der Waals surface area (Å²) in [4.78, 5) is 18.3. The van der Waals surface area contributed by atoms with Crippen LogP contribution < -0.4 is 10.2 Å². The summed E-state index contributed by atoms with van der Waals surface area (Å²) in [5, 5.41) is 18.3. The van der Waals surface area contributed by atoms with Crippen molar-refractivity contribution in [2.24, 2.45) is 0 Å². The molecule has 0 aliphatic rings. The van der Waals surface area contributed by atoms with Gasteiger partial charge in [0.15, 0.2) is 0 Å². The molecule has 0 aromatic rings. The molecule has 4 nitrogen and oxygen atoms in total. The van der Waals surface area contributed by atoms with Crippen LogP contribution in [-0.2, 0) is 9.59 Å². The van der Waals surface area contributed by atoms with E-state index in [0.717, 1.165) is 12.2 Å². The molecule has 0 rings (SSSR count). The average molecular weight is 403 g/mol. The molecule has 0 aromatic heterocycles. The molecular formula is C10H12O4Pb. The van der Waals surface area contributed by atoms with Gasteiger partial charge in [-0.2, -0.15) is 0 Å². The van der Waals surface area contributed by atoms with E-state index in [1.165, 1.54) is 0 Å². The monoisotopic (exact) mass is 404 g/mol. The topological polar surface area (TPSA) is 80.3 Å². The zero-order valence-corrected chi connectivity index (χ0v) is 12.2. The number of hydrogen-bond acceptors (Lipinski definition) is 4. The molecule has 80 valence electrons. The summed E-state index contributed by atoms with van der Waals surface area (Å²) in [6.45, 7) is 12.5. The maximum atomic E-state index is 9.14. The minimum atomic E-state index is -1.23. The fraction of sp³-hybridized carbons (Fsp3) is 0. The molecule has 0 bridgehead atoms. The van der Waals surface area contributed by atoms with E-state index in [2.05, 4.69) is 26.3 Å². The fourth-order valence-electron chi connectivity index (χ4n) is 0. The van der Waals surface area contributed by atoms with E-state index in [0.29, 0.717) is 0 Å². The first-order valence-corrected chi connectivity index (χ1v) is 3.36. The number of carbonyl (C=O) groups excluding carboxylic acids is 2. The average Bonchev–Trinajstić information content (AvgIpc) is 2.19. The largest absolute Gasteiger partial charge is 2.00 e. The van der Waals surface area contributed by atoms with E-state index in [-0.39, 0.29) is 27.3 Å². The van der Waals surface area contributed by atoms with Crippen LogP contribution in [0.4, 0.5) is 0 Å². The first-order chi connectivity index (χ1) is 6.45. The Kier molecular flexibility index (Phi) is 36.2. The van der Waals surface area contributed by atoms with Crippen molar-refractivity contribution >= 4 is 39.2 Å². The van der Waals surface area contributed by atoms with Gasteiger partial charge in [-0.1, -0.05) is 38.5 Å². The Morgan fingerprint density at radius 1 is 0.800 bits per heavy atom. The first kappa shape index (κ1) is 23.6. The van der Waals surface area contributed by atoms with Crippen LogP contribution in [0.25, 0.3) is 0 Å². The van der Waals surface area contributed by atoms with Gasteiger partial charge in [0, 0.05) is 0 Å². The molecule has 15 heavy (non-hydrogen) atoms. The molecule has 0 spiro atoms. The van der Waals surface area contributed by atoms with Gasteiger partial charge < -0.3 is 19.8 Å². The van der Waals surface area contributed by atoms with Crippen molar-refractivity contribution in [3.8, 4) is 0 Å². The van der Waals surface area contributed by atoms with Crippen molar-refractivity contribution in [3.05, 3.63) is 50.6 Å². The zero-order valence-electron chi connectivity index (χ0n) is 8.27. The normalized spacial score (nSPS) is 5.60. The molecule has 0 N–H and O–H groups in total. The number of hydrogen-bond donors (Lipinski definition) is 0. The van der Waals surface area contributed by atoms with Crippen molar-refractivity contribution in [1.82, 2.24) is 0 Å². The van der Waals surface area contributed by atoms with Gasteiger partial charge in [0.2, 0.25) is 0 Å². The molecule has 0 aliphatic carbocycles. The second-order valence-electron chi connectivity index (χ2n) is 1.52. The number of carboxylic acid groups (broad SMARTS) is 2. The molecule has 5 heteroatoms. The first-order valence-electron chi connectivity index (χ1n) is 3.36. The molecule has 0 atom stereocenters. The van der Waals surface area contributed by atoms with E-state index < -0.39 is 11.9 Å². The summed E-state index contributed by atoms with van der Waals surface area (Å²) < 4.78 is 0. The van der Waals surface area contributed by atoms with Crippen LogP contribution in [0.5, 0.6) is 0 Å². The van der Waals surface area contributed by atoms with Gasteiger partial charge in [-0.05, 0) is 12.2 Å². The number of allylic oxidation sites excluding steroid dienone is 2. The summed E-state index contributed by atoms with van der Waals surface area (Å²) in [5.74, 6) is -2.46. The Morgan fingerprint density at radius 2 is 0.933 bits per heavy atom. The van der Waals surface area contributed by atoms with Crippen LogP contribution >= 0.6 is 0 Å². The van der Waals surface area contributed by atoms with Crippen LogP contribution in [0.1, 0.15) is 0 Å².